The van der Waals surface area contributed by atoms with Crippen LogP contribution in [-0.2, 0) is 22.4 Å². The number of rotatable bonds is 8. The van der Waals surface area contributed by atoms with Gasteiger partial charge in [0.1, 0.15) is 11.5 Å². The third-order valence-electron chi connectivity index (χ3n) is 7.15. The third kappa shape index (κ3) is 4.47. The van der Waals surface area contributed by atoms with Crippen molar-refractivity contribution in [3.8, 4) is 5.75 Å². The Labute approximate surface area is 201 Å². The number of fused-ring (bicyclic) bond motifs is 1. The van der Waals surface area contributed by atoms with E-state index < -0.39 is 17.7 Å². The summed E-state index contributed by atoms with van der Waals surface area (Å²) >= 11 is 0. The first-order valence-corrected chi connectivity index (χ1v) is 12.3. The SMILES string of the molecule is CCN(CC)CCN1C(=O)C(=O)/C(=C(/O)c2ccc3c(c2)CCCC3)C1c1ccccc1OC. The van der Waals surface area contributed by atoms with E-state index in [9.17, 15) is 14.7 Å². The van der Waals surface area contributed by atoms with Gasteiger partial charge in [-0.2, -0.15) is 0 Å². The number of carbonyl (C=O) groups excluding carboxylic acids is 2. The summed E-state index contributed by atoms with van der Waals surface area (Å²) in [6, 6.07) is 12.6. The first-order valence-electron chi connectivity index (χ1n) is 12.3. The number of methoxy groups -OCH3 is 1. The van der Waals surface area contributed by atoms with Crippen LogP contribution in [0.1, 0.15) is 55.0 Å². The summed E-state index contributed by atoms with van der Waals surface area (Å²) < 4.78 is 5.59. The van der Waals surface area contributed by atoms with Crippen molar-refractivity contribution >= 4 is 17.4 Å². The number of hydrogen-bond acceptors (Lipinski definition) is 5. The smallest absolute Gasteiger partial charge is 0.295 e. The van der Waals surface area contributed by atoms with Crippen LogP contribution in [0.15, 0.2) is 48.0 Å². The van der Waals surface area contributed by atoms with E-state index in [2.05, 4.69) is 18.7 Å². The number of amides is 1. The highest BCUT2D eigenvalue weighted by Gasteiger charge is 2.47. The molecule has 2 aromatic carbocycles. The van der Waals surface area contributed by atoms with Gasteiger partial charge in [-0.15, -0.1) is 0 Å². The minimum Gasteiger partial charge on any atom is -0.507 e. The average molecular weight is 463 g/mol. The molecule has 1 heterocycles. The second-order valence-corrected chi connectivity index (χ2v) is 8.95. The number of benzene rings is 2. The number of aryl methyl sites for hydroxylation is 2. The Hall–Kier alpha value is -3.12. The Bertz CT molecular complexity index is 1100. The van der Waals surface area contributed by atoms with Crippen LogP contribution >= 0.6 is 0 Å². The number of likely N-dealkylation sites (tertiary alicyclic amines) is 1. The summed E-state index contributed by atoms with van der Waals surface area (Å²) in [5.74, 6) is -0.764. The molecule has 1 saturated heterocycles. The van der Waals surface area contributed by atoms with Gasteiger partial charge in [0.15, 0.2) is 0 Å². The molecule has 4 rings (SSSR count). The number of aliphatic hydroxyl groups is 1. The van der Waals surface area contributed by atoms with Gasteiger partial charge in [0.2, 0.25) is 0 Å². The Morgan fingerprint density at radius 3 is 2.47 bits per heavy atom. The van der Waals surface area contributed by atoms with Crippen LogP contribution in [0.4, 0.5) is 0 Å². The molecule has 1 atom stereocenters. The van der Waals surface area contributed by atoms with Crippen molar-refractivity contribution in [2.45, 2.75) is 45.6 Å². The van der Waals surface area contributed by atoms with Crippen LogP contribution in [0.3, 0.4) is 0 Å². The molecule has 1 N–H and O–H groups in total. The van der Waals surface area contributed by atoms with Gasteiger partial charge in [-0.1, -0.05) is 44.2 Å². The van der Waals surface area contributed by atoms with Gasteiger partial charge < -0.3 is 19.6 Å². The lowest BCUT2D eigenvalue weighted by Crippen LogP contribution is -2.38. The molecule has 34 heavy (non-hydrogen) atoms. The molecule has 0 spiro atoms. The summed E-state index contributed by atoms with van der Waals surface area (Å²) in [6.07, 6.45) is 4.29. The third-order valence-corrected chi connectivity index (χ3v) is 7.15. The van der Waals surface area contributed by atoms with Gasteiger partial charge >= 0.3 is 0 Å². The molecule has 0 bridgehead atoms. The first kappa shape index (κ1) is 24.0. The number of Topliss-reactive ketones (excluding diaryl/α,β-unsaturated/α-hetero) is 1. The topological polar surface area (TPSA) is 70.1 Å². The van der Waals surface area contributed by atoms with Crippen molar-refractivity contribution in [2.24, 2.45) is 0 Å². The highest BCUT2D eigenvalue weighted by molar-refractivity contribution is 6.46. The number of ketones is 1. The van der Waals surface area contributed by atoms with Crippen LogP contribution < -0.4 is 4.74 Å². The number of para-hydroxylation sites is 1. The van der Waals surface area contributed by atoms with Gasteiger partial charge in [0.05, 0.1) is 18.7 Å². The van der Waals surface area contributed by atoms with Gasteiger partial charge in [-0.05, 0) is 62.0 Å². The van der Waals surface area contributed by atoms with E-state index in [4.69, 9.17) is 4.74 Å². The van der Waals surface area contributed by atoms with Crippen LogP contribution in [0.5, 0.6) is 5.75 Å². The molecular weight excluding hydrogens is 428 g/mol. The van der Waals surface area contributed by atoms with Crippen LogP contribution in [0, 0.1) is 0 Å². The lowest BCUT2D eigenvalue weighted by atomic mass is 9.88. The number of aliphatic hydroxyl groups excluding tert-OH is 1. The number of carbonyl (C=O) groups is 2. The van der Waals surface area contributed by atoms with Crippen LogP contribution in [-0.4, -0.2) is 59.9 Å². The Morgan fingerprint density at radius 2 is 1.76 bits per heavy atom. The highest BCUT2D eigenvalue weighted by Crippen LogP contribution is 2.42. The second-order valence-electron chi connectivity index (χ2n) is 8.95. The predicted octanol–water partition coefficient (Wildman–Crippen LogP) is 4.34. The Morgan fingerprint density at radius 1 is 1.06 bits per heavy atom. The van der Waals surface area contributed by atoms with Gasteiger partial charge in [-0.25, -0.2) is 0 Å². The van der Waals surface area contributed by atoms with Crippen molar-refractivity contribution in [3.63, 3.8) is 0 Å². The molecule has 1 unspecified atom stereocenters. The fraction of sp³-hybridized carbons (Fsp3) is 0.429. The van der Waals surface area contributed by atoms with Crippen LogP contribution in [0.25, 0.3) is 5.76 Å². The van der Waals surface area contributed by atoms with E-state index in [1.165, 1.54) is 17.5 Å². The lowest BCUT2D eigenvalue weighted by Gasteiger charge is -2.29. The maximum Gasteiger partial charge on any atom is 0.295 e. The summed E-state index contributed by atoms with van der Waals surface area (Å²) in [7, 11) is 1.57. The molecule has 2 aromatic rings. The van der Waals surface area contributed by atoms with Crippen molar-refractivity contribution in [1.82, 2.24) is 9.80 Å². The summed E-state index contributed by atoms with van der Waals surface area (Å²) in [5, 5.41) is 11.4. The minimum absolute atomic E-state index is 0.118. The van der Waals surface area contributed by atoms with Crippen LogP contribution in [0.2, 0.25) is 0 Å². The highest BCUT2D eigenvalue weighted by atomic mass is 16.5. The summed E-state index contributed by atoms with van der Waals surface area (Å²) in [4.78, 5) is 30.3. The van der Waals surface area contributed by atoms with Crippen molar-refractivity contribution in [1.29, 1.82) is 0 Å². The largest absolute Gasteiger partial charge is 0.507 e. The molecule has 0 saturated carbocycles. The molecule has 180 valence electrons. The number of likely N-dealkylation sites (N-methyl/N-ethyl adjacent to an activating group) is 1. The van der Waals surface area contributed by atoms with E-state index in [1.807, 2.05) is 42.5 Å². The molecule has 0 radical (unpaired) electrons. The van der Waals surface area contributed by atoms with E-state index in [0.717, 1.165) is 32.4 Å². The monoisotopic (exact) mass is 462 g/mol. The normalized spacial score (nSPS) is 19.5. The predicted molar refractivity (Wildman–Crippen MR) is 133 cm³/mol. The Balaban J connectivity index is 1.82. The molecular formula is C28H34N2O4. The van der Waals surface area contributed by atoms with Crippen molar-refractivity contribution in [3.05, 3.63) is 70.3 Å². The molecule has 1 aliphatic heterocycles. The number of nitrogens with zero attached hydrogens (tertiary/aromatic N) is 2. The fourth-order valence-corrected chi connectivity index (χ4v) is 5.15. The van der Waals surface area contributed by atoms with Gasteiger partial charge in [0.25, 0.3) is 11.7 Å². The average Bonchev–Trinajstić information content (AvgIpc) is 3.13. The van der Waals surface area contributed by atoms with Crippen molar-refractivity contribution < 1.29 is 19.4 Å². The number of ether oxygens (including phenoxy) is 1. The quantitative estimate of drug-likeness (QED) is 0.359. The Kier molecular flexibility index (Phi) is 7.37. The van der Waals surface area contributed by atoms with E-state index in [1.54, 1.807) is 12.0 Å². The zero-order chi connectivity index (χ0) is 24.2. The molecule has 1 fully saturated rings. The first-order chi connectivity index (χ1) is 16.5. The molecule has 6 nitrogen and oxygen atoms in total. The van der Waals surface area contributed by atoms with Gasteiger partial charge in [-0.3, -0.25) is 9.59 Å². The maximum absolute atomic E-state index is 13.3. The maximum atomic E-state index is 13.3. The van der Waals surface area contributed by atoms with Gasteiger partial charge in [0, 0.05) is 24.2 Å². The van der Waals surface area contributed by atoms with E-state index in [-0.39, 0.29) is 11.3 Å². The molecule has 1 aliphatic carbocycles. The molecule has 1 amide bonds. The molecule has 0 aromatic heterocycles. The van der Waals surface area contributed by atoms with E-state index >= 15 is 0 Å². The number of hydrogen-bond donors (Lipinski definition) is 1. The summed E-state index contributed by atoms with van der Waals surface area (Å²) in [5.41, 5.74) is 3.92. The second kappa shape index (κ2) is 10.4. The molecule has 6 heteroatoms. The zero-order valence-corrected chi connectivity index (χ0v) is 20.3. The minimum atomic E-state index is -0.706. The fourth-order valence-electron chi connectivity index (χ4n) is 5.15. The molecule has 2 aliphatic rings. The zero-order valence-electron chi connectivity index (χ0n) is 20.3. The lowest BCUT2D eigenvalue weighted by molar-refractivity contribution is -0.140. The van der Waals surface area contributed by atoms with E-state index in [0.29, 0.717) is 30.0 Å². The van der Waals surface area contributed by atoms with Crippen molar-refractivity contribution in [2.75, 3.05) is 33.3 Å². The summed E-state index contributed by atoms with van der Waals surface area (Å²) in [6.45, 7) is 6.89. The standard InChI is InChI=1S/C28H34N2O4/c1-4-29(5-2)16-17-30-25(22-12-8-9-13-23(22)34-3)24(27(32)28(30)33)26(31)21-15-14-19-10-6-7-11-20(19)18-21/h8-9,12-15,18,25,31H,4-7,10-11,16-17H2,1-3H3/b26-24+.